The van der Waals surface area contributed by atoms with Crippen molar-refractivity contribution >= 4 is 17.2 Å². The molecule has 0 aromatic rings. The van der Waals surface area contributed by atoms with Gasteiger partial charge in [-0.15, -0.1) is 0 Å². The van der Waals surface area contributed by atoms with Crippen molar-refractivity contribution in [3.63, 3.8) is 0 Å². The number of quaternary nitrogens is 1. The summed E-state index contributed by atoms with van der Waals surface area (Å²) in [6.45, 7) is 2.20. The van der Waals surface area contributed by atoms with Gasteiger partial charge in [0.05, 0.1) is 0 Å². The zero-order valence-corrected chi connectivity index (χ0v) is 24.5. The van der Waals surface area contributed by atoms with Crippen LogP contribution in [0.1, 0.15) is 116 Å². The molecule has 2 saturated carbocycles. The van der Waals surface area contributed by atoms with Crippen molar-refractivity contribution in [2.75, 3.05) is 0 Å². The van der Waals surface area contributed by atoms with Gasteiger partial charge >= 0.3 is 219 Å². The summed E-state index contributed by atoms with van der Waals surface area (Å²) in [6, 6.07) is 0. The zero-order valence-electron chi connectivity index (χ0n) is 20.7. The Balaban J connectivity index is 2.13. The monoisotopic (exact) mass is 660 g/mol. The van der Waals surface area contributed by atoms with Gasteiger partial charge in [-0.05, 0) is 0 Å². The molecule has 0 spiro atoms. The van der Waals surface area contributed by atoms with Gasteiger partial charge in [0, 0.05) is 0 Å². The molecule has 12 heteroatoms. The van der Waals surface area contributed by atoms with Crippen molar-refractivity contribution in [1.29, 1.82) is 0 Å². The van der Waals surface area contributed by atoms with Crippen LogP contribution in [0.5, 0.6) is 0 Å². The second kappa shape index (κ2) is 14.5. The van der Waals surface area contributed by atoms with Crippen LogP contribution in [0.15, 0.2) is 0 Å². The third kappa shape index (κ3) is 9.86. The maximum absolute atomic E-state index is 12.8. The molecule has 210 valence electrons. The molecule has 5 atom stereocenters. The fourth-order valence-electron chi connectivity index (χ4n) is 5.41. The molecule has 2 aliphatic carbocycles. The molecule has 0 radical (unpaired) electrons. The first-order chi connectivity index (χ1) is 16.4. The predicted octanol–water partition coefficient (Wildman–Crippen LogP) is 2.45. The first kappa shape index (κ1) is 31.6. The fourth-order valence-corrected chi connectivity index (χ4v) is 16.4. The van der Waals surface area contributed by atoms with E-state index in [1.165, 1.54) is 32.1 Å². The molecule has 0 aromatic heterocycles. The molecular weight excluding hydrogens is 618 g/mol. The van der Waals surface area contributed by atoms with Crippen LogP contribution < -0.4 is 23.7 Å². The molecule has 0 aromatic carbocycles. The average Bonchev–Trinajstić information content (AvgIpc) is 2.74. The molecule has 4 unspecified atom stereocenters. The third-order valence-corrected chi connectivity index (χ3v) is 18.4. The second-order valence-corrected chi connectivity index (χ2v) is 20.6. The van der Waals surface area contributed by atoms with Gasteiger partial charge in [-0.1, -0.05) is 0 Å². The number of alkyl halides is 4. The van der Waals surface area contributed by atoms with Gasteiger partial charge in [-0.2, -0.15) is 0 Å². The predicted molar refractivity (Wildman–Crippen MR) is 127 cm³/mol. The summed E-state index contributed by atoms with van der Waals surface area (Å²) < 4.78 is 83.7. The number of rotatable bonds is 8. The summed E-state index contributed by atoms with van der Waals surface area (Å²) in [7, 11) is -11.3. The van der Waals surface area contributed by atoms with Gasteiger partial charge in [0.25, 0.3) is 0 Å². The Bertz CT molecular complexity index is 837. The van der Waals surface area contributed by atoms with Gasteiger partial charge in [0.1, 0.15) is 0 Å². The number of hydrogen-bond donors (Lipinski definition) is 1. The second-order valence-electron chi connectivity index (χ2n) is 10.3. The van der Waals surface area contributed by atoms with Crippen molar-refractivity contribution in [3.8, 4) is 0 Å². The summed E-state index contributed by atoms with van der Waals surface area (Å²) in [4.78, 5) is 0. The van der Waals surface area contributed by atoms with Gasteiger partial charge in [0.2, 0.25) is 0 Å². The van der Waals surface area contributed by atoms with Gasteiger partial charge in [-0.25, -0.2) is 0 Å². The molecule has 2 aliphatic rings. The van der Waals surface area contributed by atoms with Crippen LogP contribution in [-0.2, 0) is 17.2 Å². The van der Waals surface area contributed by atoms with E-state index in [4.69, 9.17) is 0 Å². The number of halogens is 4. The number of hydrogen-bond acceptors (Lipinski definition) is 5. The van der Waals surface area contributed by atoms with Crippen LogP contribution in [0.3, 0.4) is 0 Å². The third-order valence-electron chi connectivity index (χ3n) is 7.73. The summed E-state index contributed by atoms with van der Waals surface area (Å²) >= 11 is -2.09. The van der Waals surface area contributed by atoms with Gasteiger partial charge in [-0.3, -0.25) is 0 Å². The summed E-state index contributed by atoms with van der Waals surface area (Å²) in [6.07, 6.45) is 17.3. The van der Waals surface area contributed by atoms with Crippen molar-refractivity contribution in [2.45, 2.75) is 126 Å². The standard InChI is InChI=1S/C23H42F3INO5S2/c1-2-20-16-17-21(20)15-14-19-12-10-8-6-4-3-5-7-9-11-13-22(18-19)27-35(32,33)28(29)34(30,31)23(24,25)26/h19-22,28H,2-18H2,1H3/q-1/t19?,20?,21-,22?/m0/s1. The van der Waals surface area contributed by atoms with E-state index < -0.39 is 50.3 Å². The van der Waals surface area contributed by atoms with Crippen LogP contribution >= 0.6 is 0 Å². The Hall–Kier alpha value is 0.340. The Morgan fingerprint density at radius 3 is 1.80 bits per heavy atom. The van der Waals surface area contributed by atoms with E-state index in [0.717, 1.165) is 70.1 Å². The topological polar surface area (TPSA) is 95.8 Å². The molecule has 1 N–H and O–H groups in total. The summed E-state index contributed by atoms with van der Waals surface area (Å²) in [5, 5.41) is 12.0. The van der Waals surface area contributed by atoms with Crippen LogP contribution in [0.2, 0.25) is 0 Å². The van der Waals surface area contributed by atoms with Crippen molar-refractivity contribution in [3.05, 3.63) is 5.21 Å². The molecule has 0 aliphatic heterocycles. The van der Waals surface area contributed by atoms with E-state index >= 15 is 0 Å². The molecule has 0 bridgehead atoms. The summed E-state index contributed by atoms with van der Waals surface area (Å²) in [5.41, 5.74) is -5.90. The van der Waals surface area contributed by atoms with E-state index in [2.05, 4.69) is 6.92 Å². The van der Waals surface area contributed by atoms with E-state index in [1.54, 1.807) is 0 Å². The SMILES string of the molecule is CCC1CC[C@@H]1CCC1CCCCCCCCCCCC([I-]S(=O)(=O)[NH+]([O-])S(=O)(=O)C(F)(F)F)C1. The van der Waals surface area contributed by atoms with Crippen molar-refractivity contribution < 1.29 is 53.7 Å². The van der Waals surface area contributed by atoms with Crippen molar-refractivity contribution in [1.82, 2.24) is 0 Å². The van der Waals surface area contributed by atoms with Gasteiger partial charge in [0.15, 0.2) is 0 Å². The first-order valence-electron chi connectivity index (χ1n) is 13.1. The Kier molecular flexibility index (Phi) is 13.1. The summed E-state index contributed by atoms with van der Waals surface area (Å²) in [5.74, 6) is 1.72. The number of sulfonamides is 1. The fraction of sp³-hybridized carbons (Fsp3) is 1.00. The van der Waals surface area contributed by atoms with E-state index in [-0.39, 0.29) is 5.92 Å². The molecule has 2 fully saturated rings. The Morgan fingerprint density at radius 2 is 1.31 bits per heavy atom. The van der Waals surface area contributed by atoms with E-state index in [1.807, 2.05) is 0 Å². The molecular formula is C23H42F3INO5S2-. The minimum absolute atomic E-state index is 0.269. The average molecular weight is 661 g/mol. The van der Waals surface area contributed by atoms with Crippen LogP contribution in [-0.4, -0.2) is 26.3 Å². The van der Waals surface area contributed by atoms with E-state index in [0.29, 0.717) is 18.8 Å². The molecule has 0 heterocycles. The van der Waals surface area contributed by atoms with Crippen LogP contribution in [0.25, 0.3) is 0 Å². The molecule has 6 nitrogen and oxygen atoms in total. The molecule has 35 heavy (non-hydrogen) atoms. The Morgan fingerprint density at radius 1 is 0.800 bits per heavy atom. The van der Waals surface area contributed by atoms with Gasteiger partial charge < -0.3 is 0 Å². The normalized spacial score (nSPS) is 29.7. The quantitative estimate of drug-likeness (QED) is 0.187. The van der Waals surface area contributed by atoms with Crippen LogP contribution in [0, 0.1) is 23.0 Å². The van der Waals surface area contributed by atoms with Crippen LogP contribution in [0.4, 0.5) is 13.2 Å². The molecule has 2 rings (SSSR count). The van der Waals surface area contributed by atoms with Crippen molar-refractivity contribution in [2.24, 2.45) is 17.8 Å². The number of nitrogens with one attached hydrogen (secondary N) is 1. The maximum atomic E-state index is 12.8. The first-order valence-corrected chi connectivity index (χ1v) is 19.9. The van der Waals surface area contributed by atoms with E-state index in [9.17, 15) is 35.2 Å². The molecule has 0 amide bonds. The zero-order chi connectivity index (χ0) is 26.1. The Labute approximate surface area is 218 Å². The minimum atomic E-state index is -6.37. The molecule has 0 saturated heterocycles.